The number of carbonyl (C=O) groups excluding carboxylic acids is 1. The zero-order chi connectivity index (χ0) is 19.6. The van der Waals surface area contributed by atoms with E-state index in [-0.39, 0.29) is 5.91 Å². The van der Waals surface area contributed by atoms with Crippen molar-refractivity contribution in [3.8, 4) is 5.75 Å². The van der Waals surface area contributed by atoms with E-state index in [4.69, 9.17) is 4.74 Å². The molecule has 2 aromatic rings. The smallest absolute Gasteiger partial charge is 0.279 e. The van der Waals surface area contributed by atoms with E-state index in [1.807, 2.05) is 49.5 Å². The van der Waals surface area contributed by atoms with Crippen molar-refractivity contribution in [2.75, 3.05) is 25.5 Å². The topological polar surface area (TPSA) is 42.8 Å². The monoisotopic (exact) mass is 367 g/mol. The van der Waals surface area contributed by atoms with E-state index < -0.39 is 0 Å². The molecule has 0 aromatic heterocycles. The van der Waals surface area contributed by atoms with Crippen LogP contribution in [0.3, 0.4) is 0 Å². The Labute approximate surface area is 162 Å². The minimum atomic E-state index is 0.0363. The van der Waals surface area contributed by atoms with E-state index in [9.17, 15) is 4.79 Å². The second kappa shape index (κ2) is 10.5. The molecule has 1 amide bonds. The molecule has 0 aliphatic heterocycles. The van der Waals surface area contributed by atoms with Crippen LogP contribution in [0.5, 0.6) is 5.75 Å². The van der Waals surface area contributed by atoms with Crippen LogP contribution in [-0.2, 0) is 11.3 Å². The number of para-hydroxylation sites is 1. The maximum atomic E-state index is 12.5. The maximum absolute atomic E-state index is 12.5. The van der Waals surface area contributed by atoms with Crippen LogP contribution in [0.4, 0.5) is 5.69 Å². The van der Waals surface area contributed by atoms with Crippen molar-refractivity contribution in [3.05, 3.63) is 72.3 Å². The number of hydrogen-bond acceptors (Lipinski definition) is 2. The summed E-state index contributed by atoms with van der Waals surface area (Å²) < 4.78 is 5.50. The van der Waals surface area contributed by atoms with Crippen molar-refractivity contribution in [1.29, 1.82) is 0 Å². The van der Waals surface area contributed by atoms with Crippen molar-refractivity contribution >= 4 is 11.6 Å². The van der Waals surface area contributed by atoms with Crippen LogP contribution >= 0.6 is 0 Å². The maximum Gasteiger partial charge on any atom is 0.279 e. The molecule has 0 saturated heterocycles. The van der Waals surface area contributed by atoms with E-state index >= 15 is 0 Å². The average Bonchev–Trinajstić information content (AvgIpc) is 2.67. The fourth-order valence-electron chi connectivity index (χ4n) is 3.00. The summed E-state index contributed by atoms with van der Waals surface area (Å²) >= 11 is 0. The van der Waals surface area contributed by atoms with Gasteiger partial charge < -0.3 is 15.0 Å². The quantitative estimate of drug-likeness (QED) is 0.632. The number of hydrogen-bond donors (Lipinski definition) is 2. The predicted octanol–water partition coefficient (Wildman–Crippen LogP) is 3.42. The highest BCUT2D eigenvalue weighted by Crippen LogP contribution is 2.26. The normalized spacial score (nSPS) is 12.9. The standard InChI is InChI=1S/C23H30N2O2/c1-5-15-27-20-13-11-19(12-14-20)16-25(4)17-23(26)24-22-10-8-7-9-21(22)18(3)6-2/h5,7-14,18H,1,6,15-17H2,2-4H3,(H,24,26)/p+1/t18-/m0/s1. The Morgan fingerprint density at radius 3 is 2.59 bits per heavy atom. The van der Waals surface area contributed by atoms with Crippen molar-refractivity contribution in [2.24, 2.45) is 0 Å². The number of anilines is 1. The van der Waals surface area contributed by atoms with Gasteiger partial charge in [-0.25, -0.2) is 0 Å². The summed E-state index contributed by atoms with van der Waals surface area (Å²) in [7, 11) is 2.03. The molecular weight excluding hydrogens is 336 g/mol. The van der Waals surface area contributed by atoms with Crippen molar-refractivity contribution in [3.63, 3.8) is 0 Å². The average molecular weight is 368 g/mol. The van der Waals surface area contributed by atoms with Gasteiger partial charge in [-0.2, -0.15) is 0 Å². The van der Waals surface area contributed by atoms with E-state index in [2.05, 4.69) is 31.8 Å². The van der Waals surface area contributed by atoms with Crippen LogP contribution in [-0.4, -0.2) is 26.1 Å². The van der Waals surface area contributed by atoms with Crippen LogP contribution in [0.25, 0.3) is 0 Å². The summed E-state index contributed by atoms with van der Waals surface area (Å²) in [5, 5.41) is 3.09. The minimum Gasteiger partial charge on any atom is -0.490 e. The molecule has 0 heterocycles. The van der Waals surface area contributed by atoms with Crippen LogP contribution in [0, 0.1) is 0 Å². The fraction of sp³-hybridized carbons (Fsp3) is 0.348. The summed E-state index contributed by atoms with van der Waals surface area (Å²) in [5.41, 5.74) is 3.29. The van der Waals surface area contributed by atoms with Gasteiger partial charge in [0.05, 0.1) is 7.05 Å². The highest BCUT2D eigenvalue weighted by atomic mass is 16.5. The largest absolute Gasteiger partial charge is 0.490 e. The number of likely N-dealkylation sites (N-methyl/N-ethyl adjacent to an activating group) is 1. The Hall–Kier alpha value is -2.59. The zero-order valence-electron chi connectivity index (χ0n) is 16.6. The number of quaternary nitrogens is 1. The Morgan fingerprint density at radius 1 is 1.22 bits per heavy atom. The molecule has 4 heteroatoms. The molecule has 0 aliphatic carbocycles. The van der Waals surface area contributed by atoms with Crippen molar-refractivity contribution in [2.45, 2.75) is 32.7 Å². The Morgan fingerprint density at radius 2 is 1.93 bits per heavy atom. The first-order valence-corrected chi connectivity index (χ1v) is 9.56. The first kappa shape index (κ1) is 20.7. The zero-order valence-corrected chi connectivity index (χ0v) is 16.6. The molecule has 144 valence electrons. The molecule has 27 heavy (non-hydrogen) atoms. The van der Waals surface area contributed by atoms with Crippen molar-refractivity contribution in [1.82, 2.24) is 0 Å². The molecule has 2 atom stereocenters. The predicted molar refractivity (Wildman–Crippen MR) is 111 cm³/mol. The molecule has 0 saturated carbocycles. The van der Waals surface area contributed by atoms with Crippen LogP contribution in [0.1, 0.15) is 37.3 Å². The Balaban J connectivity index is 1.89. The molecule has 0 fully saturated rings. The first-order valence-electron chi connectivity index (χ1n) is 9.56. The van der Waals surface area contributed by atoms with Gasteiger partial charge in [0.2, 0.25) is 0 Å². The lowest BCUT2D eigenvalue weighted by atomic mass is 9.97. The second-order valence-corrected chi connectivity index (χ2v) is 7.00. The number of carbonyl (C=O) groups is 1. The van der Waals surface area contributed by atoms with E-state index in [0.29, 0.717) is 19.1 Å². The molecule has 4 nitrogen and oxygen atoms in total. The molecule has 2 N–H and O–H groups in total. The minimum absolute atomic E-state index is 0.0363. The Bertz CT molecular complexity index is 740. The number of rotatable bonds is 10. The summed E-state index contributed by atoms with van der Waals surface area (Å²) in [6, 6.07) is 16.1. The number of nitrogens with one attached hydrogen (secondary N) is 2. The van der Waals surface area contributed by atoms with E-state index in [1.165, 1.54) is 11.1 Å². The van der Waals surface area contributed by atoms with Gasteiger partial charge >= 0.3 is 0 Å². The highest BCUT2D eigenvalue weighted by molar-refractivity contribution is 5.92. The summed E-state index contributed by atoms with van der Waals surface area (Å²) in [6.45, 7) is 9.69. The summed E-state index contributed by atoms with van der Waals surface area (Å²) in [5.74, 6) is 1.29. The van der Waals surface area contributed by atoms with Crippen LogP contribution in [0.15, 0.2) is 61.2 Å². The highest BCUT2D eigenvalue weighted by Gasteiger charge is 2.14. The summed E-state index contributed by atoms with van der Waals surface area (Å²) in [6.07, 6.45) is 2.77. The number of ether oxygens (including phenoxy) is 1. The van der Waals surface area contributed by atoms with E-state index in [1.54, 1.807) is 6.08 Å². The lowest BCUT2D eigenvalue weighted by Gasteiger charge is -2.17. The van der Waals surface area contributed by atoms with E-state index in [0.717, 1.165) is 29.3 Å². The third kappa shape index (κ3) is 6.57. The van der Waals surface area contributed by atoms with Gasteiger partial charge in [-0.15, -0.1) is 0 Å². The molecule has 2 aromatic carbocycles. The summed E-state index contributed by atoms with van der Waals surface area (Å²) in [4.78, 5) is 13.6. The third-order valence-corrected chi connectivity index (χ3v) is 4.64. The molecule has 1 unspecified atom stereocenters. The fourth-order valence-corrected chi connectivity index (χ4v) is 3.00. The van der Waals surface area contributed by atoms with Gasteiger partial charge in [0.15, 0.2) is 6.54 Å². The molecule has 0 aliphatic rings. The Kier molecular flexibility index (Phi) is 8.08. The molecule has 0 spiro atoms. The second-order valence-electron chi connectivity index (χ2n) is 7.00. The SMILES string of the molecule is C=CCOc1ccc(C[NH+](C)CC(=O)Nc2ccccc2[C@@H](C)CC)cc1. The molecule has 0 radical (unpaired) electrons. The molecule has 0 bridgehead atoms. The van der Waals surface area contributed by atoms with Gasteiger partial charge in [0.1, 0.15) is 18.9 Å². The van der Waals surface area contributed by atoms with Crippen molar-refractivity contribution < 1.29 is 14.4 Å². The molecular formula is C23H31N2O2+. The van der Waals surface area contributed by atoms with Gasteiger partial charge in [0.25, 0.3) is 5.91 Å². The lowest BCUT2D eigenvalue weighted by molar-refractivity contribution is -0.885. The molecule has 2 rings (SSSR count). The van der Waals surface area contributed by atoms with Crippen LogP contribution < -0.4 is 15.0 Å². The van der Waals surface area contributed by atoms with Crippen LogP contribution in [0.2, 0.25) is 0 Å². The number of benzene rings is 2. The van der Waals surface area contributed by atoms with Gasteiger partial charge in [0, 0.05) is 11.3 Å². The number of amides is 1. The third-order valence-electron chi connectivity index (χ3n) is 4.64. The first-order chi connectivity index (χ1) is 13.0. The lowest BCUT2D eigenvalue weighted by Crippen LogP contribution is -3.08. The van der Waals surface area contributed by atoms with Gasteiger partial charge in [-0.1, -0.05) is 44.7 Å². The van der Waals surface area contributed by atoms with Gasteiger partial charge in [-0.3, -0.25) is 4.79 Å². The van der Waals surface area contributed by atoms with Gasteiger partial charge in [-0.05, 0) is 48.2 Å².